The van der Waals surface area contributed by atoms with Crippen LogP contribution >= 0.6 is 35.0 Å². The Labute approximate surface area is 184 Å². The maximum atomic E-state index is 12.6. The highest BCUT2D eigenvalue weighted by Gasteiger charge is 2.34. The van der Waals surface area contributed by atoms with Crippen LogP contribution in [0.3, 0.4) is 0 Å². The number of benzene rings is 1. The summed E-state index contributed by atoms with van der Waals surface area (Å²) in [6.07, 6.45) is 4.64. The van der Waals surface area contributed by atoms with E-state index in [0.717, 1.165) is 16.7 Å². The van der Waals surface area contributed by atoms with Gasteiger partial charge in [-0.3, -0.25) is 23.7 Å². The molecule has 4 rings (SSSR count). The maximum absolute atomic E-state index is 12.6. The number of halogens is 2. The second kappa shape index (κ2) is 8.47. The summed E-state index contributed by atoms with van der Waals surface area (Å²) in [5.74, 6) is -0.766. The van der Waals surface area contributed by atoms with Crippen LogP contribution in [0, 0.1) is 0 Å². The van der Waals surface area contributed by atoms with E-state index in [0.29, 0.717) is 26.8 Å². The van der Waals surface area contributed by atoms with Gasteiger partial charge in [-0.15, -0.1) is 10.2 Å². The Balaban J connectivity index is 1.38. The number of thioether (sulfide) groups is 1. The van der Waals surface area contributed by atoms with Gasteiger partial charge < -0.3 is 5.32 Å². The number of rotatable bonds is 5. The van der Waals surface area contributed by atoms with Crippen molar-refractivity contribution in [1.29, 1.82) is 0 Å². The lowest BCUT2D eigenvalue weighted by molar-refractivity contribution is -0.122. The van der Waals surface area contributed by atoms with Crippen LogP contribution in [0.15, 0.2) is 47.8 Å². The Morgan fingerprint density at radius 2 is 2.03 bits per heavy atom. The number of fused-ring (bicyclic) bond motifs is 1. The summed E-state index contributed by atoms with van der Waals surface area (Å²) in [4.78, 5) is 38.5. The van der Waals surface area contributed by atoms with Crippen molar-refractivity contribution in [3.05, 3.63) is 68.9 Å². The lowest BCUT2D eigenvalue weighted by Gasteiger charge is -2.13. The Morgan fingerprint density at radius 1 is 1.20 bits per heavy atom. The Kier molecular flexibility index (Phi) is 5.76. The molecule has 0 bridgehead atoms. The third-order valence-electron chi connectivity index (χ3n) is 4.30. The number of carbonyl (C=O) groups excluding carboxylic acids is 3. The zero-order valence-electron chi connectivity index (χ0n) is 15.2. The number of hydrogen-bond acceptors (Lipinski definition) is 6. The van der Waals surface area contributed by atoms with Gasteiger partial charge >= 0.3 is 0 Å². The second-order valence-corrected chi connectivity index (χ2v) is 8.11. The van der Waals surface area contributed by atoms with Crippen LogP contribution in [0.2, 0.25) is 10.0 Å². The third kappa shape index (κ3) is 4.18. The molecule has 30 heavy (non-hydrogen) atoms. The van der Waals surface area contributed by atoms with Gasteiger partial charge in [0.2, 0.25) is 0 Å². The fourth-order valence-electron chi connectivity index (χ4n) is 2.80. The summed E-state index contributed by atoms with van der Waals surface area (Å²) in [6.45, 7) is 0.170. The molecule has 0 saturated carbocycles. The number of pyridine rings is 1. The molecule has 0 unspecified atom stereocenters. The minimum Gasteiger partial charge on any atom is -0.350 e. The van der Waals surface area contributed by atoms with Gasteiger partial charge in [0.05, 0.1) is 10.5 Å². The summed E-state index contributed by atoms with van der Waals surface area (Å²) in [6, 6.07) is 8.18. The number of aromatic nitrogens is 3. The zero-order valence-corrected chi connectivity index (χ0v) is 17.5. The van der Waals surface area contributed by atoms with Gasteiger partial charge in [0, 0.05) is 29.3 Å². The first-order valence-corrected chi connectivity index (χ1v) is 10.3. The molecule has 1 aliphatic heterocycles. The monoisotopic (exact) mass is 461 g/mol. The minimum absolute atomic E-state index is 0.0526. The van der Waals surface area contributed by atoms with E-state index in [9.17, 15) is 14.4 Å². The van der Waals surface area contributed by atoms with Gasteiger partial charge in [-0.1, -0.05) is 29.3 Å². The minimum atomic E-state index is -0.434. The van der Waals surface area contributed by atoms with E-state index in [1.165, 1.54) is 6.33 Å². The number of carbonyl (C=O) groups is 3. The zero-order chi connectivity index (χ0) is 21.3. The lowest BCUT2D eigenvalue weighted by Crippen LogP contribution is -2.37. The van der Waals surface area contributed by atoms with E-state index >= 15 is 0 Å². The second-order valence-electron chi connectivity index (χ2n) is 6.27. The van der Waals surface area contributed by atoms with Crippen LogP contribution in [0.5, 0.6) is 0 Å². The highest BCUT2D eigenvalue weighted by molar-refractivity contribution is 8.18. The van der Waals surface area contributed by atoms with E-state index < -0.39 is 11.1 Å². The standard InChI is InChI=1S/C19H13Cl2N5O3S/c20-13-3-1-11(14(21)8-13)7-15-18(28)26(19(29)30-15)6-5-22-17(27)12-2-4-16-24-23-10-25(16)9-12/h1-4,7-10H,5-6H2,(H,22,27)/b15-7-. The SMILES string of the molecule is O=C(NCCN1C(=O)S/C(=C\c2ccc(Cl)cc2Cl)C1=O)c1ccc2nncn2c1. The normalized spacial score (nSPS) is 15.4. The first-order valence-electron chi connectivity index (χ1n) is 8.70. The first kappa shape index (κ1) is 20.4. The van der Waals surface area contributed by atoms with Crippen LogP contribution in [-0.2, 0) is 4.79 Å². The van der Waals surface area contributed by atoms with E-state index in [1.54, 1.807) is 47.0 Å². The number of amides is 3. The topological polar surface area (TPSA) is 96.7 Å². The molecule has 3 amide bonds. The predicted octanol–water partition coefficient (Wildman–Crippen LogP) is 3.50. The van der Waals surface area contributed by atoms with E-state index in [4.69, 9.17) is 23.2 Å². The molecule has 11 heteroatoms. The van der Waals surface area contributed by atoms with Crippen molar-refractivity contribution < 1.29 is 14.4 Å². The van der Waals surface area contributed by atoms with Gasteiger partial charge in [-0.25, -0.2) is 0 Å². The fourth-order valence-corrected chi connectivity index (χ4v) is 4.12. The molecule has 1 N–H and O–H groups in total. The summed E-state index contributed by atoms with van der Waals surface area (Å²) < 4.78 is 1.62. The number of hydrogen-bond donors (Lipinski definition) is 1. The average molecular weight is 462 g/mol. The number of nitrogens with zero attached hydrogens (tertiary/aromatic N) is 4. The molecule has 152 valence electrons. The molecule has 8 nitrogen and oxygen atoms in total. The van der Waals surface area contributed by atoms with Crippen molar-refractivity contribution in [2.24, 2.45) is 0 Å². The number of imide groups is 1. The van der Waals surface area contributed by atoms with Gasteiger partial charge in [0.15, 0.2) is 5.65 Å². The Morgan fingerprint density at radius 3 is 2.83 bits per heavy atom. The Hall–Kier alpha value is -2.88. The molecule has 1 saturated heterocycles. The molecule has 1 aromatic carbocycles. The van der Waals surface area contributed by atoms with Crippen LogP contribution in [-0.4, -0.2) is 49.6 Å². The highest BCUT2D eigenvalue weighted by Crippen LogP contribution is 2.33. The quantitative estimate of drug-likeness (QED) is 0.583. The van der Waals surface area contributed by atoms with Crippen LogP contribution in [0.4, 0.5) is 4.79 Å². The van der Waals surface area contributed by atoms with Gasteiger partial charge in [0.1, 0.15) is 6.33 Å². The van der Waals surface area contributed by atoms with Crippen LogP contribution in [0.25, 0.3) is 11.7 Å². The molecule has 1 aliphatic rings. The molecule has 0 atom stereocenters. The highest BCUT2D eigenvalue weighted by atomic mass is 35.5. The fraction of sp³-hybridized carbons (Fsp3) is 0.105. The molecule has 3 aromatic rings. The summed E-state index contributed by atoms with van der Waals surface area (Å²) >= 11 is 12.8. The smallest absolute Gasteiger partial charge is 0.293 e. The van der Waals surface area contributed by atoms with Crippen molar-refractivity contribution in [2.45, 2.75) is 0 Å². The maximum Gasteiger partial charge on any atom is 0.293 e. The molecular formula is C19H13Cl2N5O3S. The van der Waals surface area contributed by atoms with Crippen molar-refractivity contribution in [1.82, 2.24) is 24.8 Å². The summed E-state index contributed by atoms with van der Waals surface area (Å²) in [5.41, 5.74) is 1.62. The summed E-state index contributed by atoms with van der Waals surface area (Å²) in [5, 5.41) is 10.8. The van der Waals surface area contributed by atoms with E-state index in [-0.39, 0.29) is 23.9 Å². The van der Waals surface area contributed by atoms with Gasteiger partial charge in [0.25, 0.3) is 17.1 Å². The molecule has 0 radical (unpaired) electrons. The predicted molar refractivity (Wildman–Crippen MR) is 114 cm³/mol. The molecule has 0 aliphatic carbocycles. The lowest BCUT2D eigenvalue weighted by atomic mass is 10.2. The van der Waals surface area contributed by atoms with E-state index in [1.807, 2.05) is 0 Å². The van der Waals surface area contributed by atoms with Crippen LogP contribution in [0.1, 0.15) is 15.9 Å². The van der Waals surface area contributed by atoms with Crippen molar-refractivity contribution in [3.8, 4) is 0 Å². The molecule has 1 fully saturated rings. The first-order chi connectivity index (χ1) is 14.4. The summed E-state index contributed by atoms with van der Waals surface area (Å²) in [7, 11) is 0. The van der Waals surface area contributed by atoms with E-state index in [2.05, 4.69) is 15.5 Å². The Bertz CT molecular complexity index is 1210. The molecule has 2 aromatic heterocycles. The van der Waals surface area contributed by atoms with Crippen molar-refractivity contribution >= 4 is 63.7 Å². The largest absolute Gasteiger partial charge is 0.350 e. The molecule has 0 spiro atoms. The average Bonchev–Trinajstić information content (AvgIpc) is 3.29. The molecular weight excluding hydrogens is 449 g/mol. The van der Waals surface area contributed by atoms with Gasteiger partial charge in [-0.05, 0) is 47.7 Å². The third-order valence-corrected chi connectivity index (χ3v) is 5.77. The van der Waals surface area contributed by atoms with Crippen LogP contribution < -0.4 is 5.32 Å². The number of nitrogens with one attached hydrogen (secondary N) is 1. The molecule has 3 heterocycles. The van der Waals surface area contributed by atoms with Gasteiger partial charge in [-0.2, -0.15) is 0 Å². The van der Waals surface area contributed by atoms with Crippen molar-refractivity contribution in [3.63, 3.8) is 0 Å². The van der Waals surface area contributed by atoms with Crippen molar-refractivity contribution in [2.75, 3.05) is 13.1 Å².